The summed E-state index contributed by atoms with van der Waals surface area (Å²) >= 11 is 6.33. The van der Waals surface area contributed by atoms with Gasteiger partial charge in [-0.2, -0.15) is 4.98 Å². The molecule has 1 aliphatic carbocycles. The second-order valence-electron chi connectivity index (χ2n) is 8.60. The van der Waals surface area contributed by atoms with Crippen molar-refractivity contribution in [3.8, 4) is 0 Å². The van der Waals surface area contributed by atoms with Crippen molar-refractivity contribution < 1.29 is 14.3 Å². The van der Waals surface area contributed by atoms with Crippen LogP contribution in [0, 0.1) is 17.8 Å². The van der Waals surface area contributed by atoms with Gasteiger partial charge in [-0.15, -0.1) is 11.6 Å². The molecule has 2 N–H and O–H groups in total. The molecule has 2 amide bonds. The molecule has 4 rings (SSSR count). The zero-order valence-electron chi connectivity index (χ0n) is 16.8. The molecule has 0 aromatic carbocycles. The van der Waals surface area contributed by atoms with Gasteiger partial charge in [0.25, 0.3) is 0 Å². The van der Waals surface area contributed by atoms with Gasteiger partial charge in [-0.25, -0.2) is 9.78 Å². The Morgan fingerprint density at radius 1 is 1.34 bits per heavy atom. The number of amides is 2. The molecule has 0 radical (unpaired) electrons. The summed E-state index contributed by atoms with van der Waals surface area (Å²) in [5, 5.41) is 6.54. The molecule has 0 bridgehead atoms. The number of aromatic nitrogens is 2. The molecule has 1 aromatic heterocycles. The third-order valence-corrected chi connectivity index (χ3v) is 6.67. The van der Waals surface area contributed by atoms with E-state index >= 15 is 0 Å². The third kappa shape index (κ3) is 4.27. The van der Waals surface area contributed by atoms with E-state index in [0.29, 0.717) is 30.8 Å². The van der Waals surface area contributed by atoms with E-state index in [4.69, 9.17) is 16.3 Å². The number of halogens is 1. The van der Waals surface area contributed by atoms with Crippen LogP contribution >= 0.6 is 11.6 Å². The molecule has 2 aliphatic heterocycles. The zero-order valence-corrected chi connectivity index (χ0v) is 17.6. The first kappa shape index (κ1) is 20.2. The molecule has 8 nitrogen and oxygen atoms in total. The monoisotopic (exact) mass is 421 g/mol. The number of hydrogen-bond donors (Lipinski definition) is 2. The maximum atomic E-state index is 12.5. The molecule has 4 unspecified atom stereocenters. The summed E-state index contributed by atoms with van der Waals surface area (Å²) in [4.78, 5) is 35.0. The van der Waals surface area contributed by atoms with Gasteiger partial charge in [0.05, 0.1) is 12.0 Å². The van der Waals surface area contributed by atoms with E-state index in [9.17, 15) is 9.59 Å². The fourth-order valence-corrected chi connectivity index (χ4v) is 4.93. The molecular weight excluding hydrogens is 394 g/mol. The van der Waals surface area contributed by atoms with Crippen molar-refractivity contribution >= 4 is 35.4 Å². The minimum atomic E-state index is -0.390. The predicted octanol–water partition coefficient (Wildman–Crippen LogP) is 2.78. The van der Waals surface area contributed by atoms with Gasteiger partial charge in [0, 0.05) is 24.2 Å². The molecule has 1 saturated carbocycles. The highest BCUT2D eigenvalue weighted by molar-refractivity contribution is 6.20. The number of carbonyl (C=O) groups is 2. The van der Waals surface area contributed by atoms with Crippen LogP contribution in [-0.2, 0) is 9.53 Å². The molecule has 9 heteroatoms. The van der Waals surface area contributed by atoms with Crippen molar-refractivity contribution in [3.63, 3.8) is 0 Å². The van der Waals surface area contributed by atoms with Crippen LogP contribution in [-0.4, -0.2) is 52.6 Å². The summed E-state index contributed by atoms with van der Waals surface area (Å²) in [7, 11) is 0. The van der Waals surface area contributed by atoms with Crippen LogP contribution in [0.4, 0.5) is 16.6 Å². The summed E-state index contributed by atoms with van der Waals surface area (Å²) in [5.41, 5.74) is 0. The third-order valence-electron chi connectivity index (χ3n) is 6.27. The lowest BCUT2D eigenvalue weighted by atomic mass is 9.75. The highest BCUT2D eigenvalue weighted by atomic mass is 35.5. The van der Waals surface area contributed by atoms with Crippen LogP contribution in [0.3, 0.4) is 0 Å². The Balaban J connectivity index is 1.41. The fourth-order valence-electron chi connectivity index (χ4n) is 4.58. The number of ether oxygens (including phenoxy) is 1. The van der Waals surface area contributed by atoms with E-state index in [1.807, 2.05) is 13.8 Å². The number of nitrogens with one attached hydrogen (secondary N) is 2. The lowest BCUT2D eigenvalue weighted by Gasteiger charge is -2.41. The Morgan fingerprint density at radius 3 is 2.97 bits per heavy atom. The maximum Gasteiger partial charge on any atom is 0.415 e. The van der Waals surface area contributed by atoms with Crippen molar-refractivity contribution in [1.29, 1.82) is 0 Å². The first-order valence-corrected chi connectivity index (χ1v) is 10.8. The van der Waals surface area contributed by atoms with Gasteiger partial charge in [0.2, 0.25) is 11.9 Å². The van der Waals surface area contributed by atoms with Crippen molar-refractivity contribution in [3.05, 3.63) is 12.3 Å². The minimum Gasteiger partial charge on any atom is -0.447 e. The summed E-state index contributed by atoms with van der Waals surface area (Å²) in [5.74, 6) is 1.51. The molecule has 5 atom stereocenters. The van der Waals surface area contributed by atoms with Crippen LogP contribution in [0.1, 0.15) is 39.5 Å². The van der Waals surface area contributed by atoms with Crippen molar-refractivity contribution in [2.75, 3.05) is 23.4 Å². The van der Waals surface area contributed by atoms with Gasteiger partial charge in [0.1, 0.15) is 12.4 Å². The molecular formula is C20H28ClN5O3. The summed E-state index contributed by atoms with van der Waals surface area (Å²) in [6.45, 7) is 4.90. The standard InChI is InChI=1S/C20H28ClN5O3/c1-11(2)16-10-29-20(28)26(16)17-5-6-22-19(25-17)23-9-13-7-12-8-14(21)3-4-15(12)24-18(13)27/h5-6,11-16H,3-4,7-10H2,1-2H3,(H,24,27)(H,22,23,25)/t12?,13?,14?,15?,16-/m1/s1. The van der Waals surface area contributed by atoms with Crippen molar-refractivity contribution in [1.82, 2.24) is 15.3 Å². The van der Waals surface area contributed by atoms with Crippen LogP contribution in [0.2, 0.25) is 0 Å². The molecule has 2 saturated heterocycles. The first-order valence-electron chi connectivity index (χ1n) is 10.4. The zero-order chi connectivity index (χ0) is 20.5. The Hall–Kier alpha value is -2.09. The van der Waals surface area contributed by atoms with Gasteiger partial charge >= 0.3 is 6.09 Å². The Kier molecular flexibility index (Phi) is 5.81. The topological polar surface area (TPSA) is 96.5 Å². The van der Waals surface area contributed by atoms with Gasteiger partial charge in [-0.3, -0.25) is 9.69 Å². The average Bonchev–Trinajstić information content (AvgIpc) is 3.09. The van der Waals surface area contributed by atoms with Crippen LogP contribution in [0.25, 0.3) is 0 Å². The van der Waals surface area contributed by atoms with Crippen molar-refractivity contribution in [2.45, 2.75) is 57.0 Å². The fraction of sp³-hybridized carbons (Fsp3) is 0.700. The number of anilines is 2. The number of piperidine rings is 1. The second-order valence-corrected chi connectivity index (χ2v) is 9.21. The van der Waals surface area contributed by atoms with Crippen molar-refractivity contribution in [2.24, 2.45) is 17.8 Å². The quantitative estimate of drug-likeness (QED) is 0.709. The Labute approximate surface area is 175 Å². The van der Waals surface area contributed by atoms with Crippen LogP contribution in [0.15, 0.2) is 12.3 Å². The van der Waals surface area contributed by atoms with Crippen LogP contribution < -0.4 is 15.5 Å². The lowest BCUT2D eigenvalue weighted by Crippen LogP contribution is -2.53. The van der Waals surface area contributed by atoms with Gasteiger partial charge in [0.15, 0.2) is 0 Å². The largest absolute Gasteiger partial charge is 0.447 e. The molecule has 29 heavy (non-hydrogen) atoms. The van der Waals surface area contributed by atoms with Gasteiger partial charge in [-0.05, 0) is 43.6 Å². The number of rotatable bonds is 5. The Morgan fingerprint density at radius 2 is 2.17 bits per heavy atom. The molecule has 158 valence electrons. The number of hydrogen-bond acceptors (Lipinski definition) is 6. The molecule has 1 aromatic rings. The van der Waals surface area contributed by atoms with E-state index in [2.05, 4.69) is 20.6 Å². The van der Waals surface area contributed by atoms with Crippen LogP contribution in [0.5, 0.6) is 0 Å². The van der Waals surface area contributed by atoms with E-state index in [-0.39, 0.29) is 41.3 Å². The normalized spacial score (nSPS) is 32.0. The van der Waals surface area contributed by atoms with Gasteiger partial charge < -0.3 is 15.4 Å². The number of alkyl halides is 1. The van der Waals surface area contributed by atoms with E-state index in [1.54, 1.807) is 17.2 Å². The highest BCUT2D eigenvalue weighted by Gasteiger charge is 2.39. The number of nitrogens with zero attached hydrogens (tertiary/aromatic N) is 3. The molecule has 3 heterocycles. The highest BCUT2D eigenvalue weighted by Crippen LogP contribution is 2.35. The summed E-state index contributed by atoms with van der Waals surface area (Å²) in [6.07, 6.45) is 4.91. The molecule has 3 aliphatic rings. The Bertz CT molecular complexity index is 776. The van der Waals surface area contributed by atoms with Gasteiger partial charge in [-0.1, -0.05) is 13.8 Å². The van der Waals surface area contributed by atoms with E-state index < -0.39 is 0 Å². The maximum absolute atomic E-state index is 12.5. The second kappa shape index (κ2) is 8.34. The minimum absolute atomic E-state index is 0.0545. The number of fused-ring (bicyclic) bond motifs is 1. The number of carbonyl (C=O) groups excluding carboxylic acids is 2. The average molecular weight is 422 g/mol. The lowest BCUT2D eigenvalue weighted by molar-refractivity contribution is -0.129. The van der Waals surface area contributed by atoms with E-state index in [1.165, 1.54) is 0 Å². The van der Waals surface area contributed by atoms with E-state index in [0.717, 1.165) is 25.7 Å². The molecule has 3 fully saturated rings. The SMILES string of the molecule is CC(C)[C@H]1COC(=O)N1c1ccnc(NCC2CC3CC(Cl)CCC3NC2=O)n1. The summed E-state index contributed by atoms with van der Waals surface area (Å²) in [6, 6.07) is 1.90. The smallest absolute Gasteiger partial charge is 0.415 e. The summed E-state index contributed by atoms with van der Waals surface area (Å²) < 4.78 is 5.20. The first-order chi connectivity index (χ1) is 13.9. The predicted molar refractivity (Wildman–Crippen MR) is 110 cm³/mol. The number of cyclic esters (lactones) is 1. The molecule has 0 spiro atoms.